The first kappa shape index (κ1) is 25.8. The maximum absolute atomic E-state index is 2.54. The van der Waals surface area contributed by atoms with Crippen LogP contribution in [0.25, 0.3) is 43.4 Å². The summed E-state index contributed by atoms with van der Waals surface area (Å²) in [6.07, 6.45) is 6.47. The molecule has 7 aromatic rings. The molecule has 0 atom stereocenters. The Morgan fingerprint density at radius 3 is 1.71 bits per heavy atom. The van der Waals surface area contributed by atoms with E-state index in [1.54, 1.807) is 0 Å². The molecule has 3 nitrogen and oxygen atoms in total. The van der Waals surface area contributed by atoms with Gasteiger partial charge in [-0.05, 0) is 85.3 Å². The first-order valence-corrected chi connectivity index (χ1v) is 15.6. The molecule has 2 aliphatic rings. The fourth-order valence-corrected chi connectivity index (χ4v) is 7.30. The molecule has 210 valence electrons. The Balaban J connectivity index is 1.21. The summed E-state index contributed by atoms with van der Waals surface area (Å²) in [6.45, 7) is -0.00395. The summed E-state index contributed by atoms with van der Waals surface area (Å²) in [6, 6.07) is 55.2. The van der Waals surface area contributed by atoms with E-state index in [0.717, 1.165) is 5.69 Å². The van der Waals surface area contributed by atoms with E-state index in [2.05, 4.69) is 191 Å². The second kappa shape index (κ2) is 10.5. The second-order valence-electron chi connectivity index (χ2n) is 11.8. The Kier molecular flexibility index (Phi) is 6.02. The second-order valence-corrected chi connectivity index (χ2v) is 11.8. The van der Waals surface area contributed by atoms with Crippen molar-refractivity contribution < 1.29 is 0 Å². The first-order valence-electron chi connectivity index (χ1n) is 15.6. The highest BCUT2D eigenvalue weighted by molar-refractivity contribution is 6.96. The van der Waals surface area contributed by atoms with Crippen molar-refractivity contribution in [2.45, 2.75) is 0 Å². The first-order chi connectivity index (χ1) is 22.3. The Morgan fingerprint density at radius 1 is 0.422 bits per heavy atom. The number of benzene rings is 7. The average molecular weight is 573 g/mol. The largest absolute Gasteiger partial charge is 0.419 e. The standard InChI is InChI=1S/C40H29B2N3/c1-3-15-32(16-4-1)42-44(41-26-11-12-27-43(41)45(42)33-17-5-2-6-18-33)34-19-13-14-30(28-34)31-24-25-39-37-22-8-7-20-35(37)36-21-9-10-23-38(36)40(39)29-31/h1-29H. The van der Waals surface area contributed by atoms with E-state index in [4.69, 9.17) is 0 Å². The molecular weight excluding hydrogens is 544 g/mol. The molecule has 1 fully saturated rings. The van der Waals surface area contributed by atoms with Crippen LogP contribution < -0.4 is 15.1 Å². The molecule has 2 heterocycles. The highest BCUT2D eigenvalue weighted by Crippen LogP contribution is 2.39. The molecule has 0 aromatic heterocycles. The zero-order chi connectivity index (χ0) is 29.7. The van der Waals surface area contributed by atoms with E-state index >= 15 is 0 Å². The number of fused-ring (bicyclic) bond motifs is 7. The maximum atomic E-state index is 2.54. The number of nitrogens with zero attached hydrogens (tertiary/aromatic N) is 3. The van der Waals surface area contributed by atoms with Gasteiger partial charge in [0.1, 0.15) is 0 Å². The normalized spacial score (nSPS) is 14.3. The van der Waals surface area contributed by atoms with Crippen LogP contribution in [0, 0.1) is 0 Å². The Morgan fingerprint density at radius 2 is 1.00 bits per heavy atom. The van der Waals surface area contributed by atoms with Gasteiger partial charge in [0.2, 0.25) is 0 Å². The van der Waals surface area contributed by atoms with Gasteiger partial charge in [-0.1, -0.05) is 133 Å². The van der Waals surface area contributed by atoms with Crippen molar-refractivity contribution in [3.05, 3.63) is 176 Å². The maximum Gasteiger partial charge on any atom is 0.419 e. The average Bonchev–Trinajstić information content (AvgIpc) is 3.48. The molecular formula is C40H29B2N3. The van der Waals surface area contributed by atoms with Crippen LogP contribution in [-0.4, -0.2) is 18.9 Å². The summed E-state index contributed by atoms with van der Waals surface area (Å²) >= 11 is 0. The lowest BCUT2D eigenvalue weighted by Crippen LogP contribution is -2.55. The number of anilines is 2. The van der Waals surface area contributed by atoms with E-state index in [9.17, 15) is 0 Å². The minimum atomic E-state index is -0.0341. The van der Waals surface area contributed by atoms with Crippen LogP contribution in [0.1, 0.15) is 0 Å². The molecule has 5 heteroatoms. The SMILES string of the molecule is C1=CB2N(c3cccc(-c4ccc5c6ccccc6c6ccccc6c5c4)c3)B(c3ccccc3)N(c3ccccc3)N2C=C1. The minimum Gasteiger partial charge on any atom is -0.413 e. The zero-order valence-corrected chi connectivity index (χ0v) is 24.7. The van der Waals surface area contributed by atoms with E-state index < -0.39 is 0 Å². The fourth-order valence-electron chi connectivity index (χ4n) is 7.30. The van der Waals surface area contributed by atoms with Crippen LogP contribution in [0.4, 0.5) is 11.4 Å². The van der Waals surface area contributed by atoms with Crippen molar-refractivity contribution in [2.75, 3.05) is 9.64 Å². The van der Waals surface area contributed by atoms with Crippen LogP contribution >= 0.6 is 0 Å². The molecule has 0 spiro atoms. The van der Waals surface area contributed by atoms with Gasteiger partial charge in [0.25, 0.3) is 0 Å². The number of hydrazine groups is 1. The van der Waals surface area contributed by atoms with E-state index in [0.29, 0.717) is 0 Å². The molecule has 1 saturated heterocycles. The van der Waals surface area contributed by atoms with Gasteiger partial charge >= 0.3 is 14.0 Å². The van der Waals surface area contributed by atoms with E-state index in [-0.39, 0.29) is 14.0 Å². The number of para-hydroxylation sites is 1. The van der Waals surface area contributed by atoms with Crippen LogP contribution in [0.15, 0.2) is 176 Å². The van der Waals surface area contributed by atoms with Crippen molar-refractivity contribution in [3.63, 3.8) is 0 Å². The molecule has 7 aromatic carbocycles. The van der Waals surface area contributed by atoms with Gasteiger partial charge in [-0.15, -0.1) is 0 Å². The van der Waals surface area contributed by atoms with Crippen LogP contribution in [0.2, 0.25) is 0 Å². The summed E-state index contributed by atoms with van der Waals surface area (Å²) in [7, 11) is 0. The molecule has 0 aliphatic carbocycles. The summed E-state index contributed by atoms with van der Waals surface area (Å²) in [5, 5.41) is 7.78. The summed E-state index contributed by atoms with van der Waals surface area (Å²) in [5.74, 6) is 2.29. The lowest BCUT2D eigenvalue weighted by molar-refractivity contribution is 0.634. The van der Waals surface area contributed by atoms with Crippen molar-refractivity contribution in [3.8, 4) is 11.1 Å². The Bertz CT molecular complexity index is 2230. The van der Waals surface area contributed by atoms with Gasteiger partial charge in [-0.25, -0.2) is 0 Å². The molecule has 0 amide bonds. The third-order valence-corrected chi connectivity index (χ3v) is 9.27. The minimum absolute atomic E-state index is 0.0302. The molecule has 2 aliphatic heterocycles. The molecule has 45 heavy (non-hydrogen) atoms. The van der Waals surface area contributed by atoms with Crippen LogP contribution in [-0.2, 0) is 0 Å². The monoisotopic (exact) mass is 573 g/mol. The Hall–Kier alpha value is -5.67. The van der Waals surface area contributed by atoms with Crippen molar-refractivity contribution >= 4 is 63.1 Å². The summed E-state index contributed by atoms with van der Waals surface area (Å²) in [4.78, 5) is 4.77. The predicted octanol–water partition coefficient (Wildman–Crippen LogP) is 8.86. The highest BCUT2D eigenvalue weighted by Gasteiger charge is 2.51. The molecule has 0 radical (unpaired) electrons. The van der Waals surface area contributed by atoms with Gasteiger partial charge in [-0.3, -0.25) is 0 Å². The van der Waals surface area contributed by atoms with Gasteiger partial charge in [0, 0.05) is 17.6 Å². The fraction of sp³-hybridized carbons (Fsp3) is 0. The van der Waals surface area contributed by atoms with Gasteiger partial charge < -0.3 is 14.6 Å². The molecule has 0 bridgehead atoms. The predicted molar refractivity (Wildman–Crippen MR) is 193 cm³/mol. The number of hydrogen-bond acceptors (Lipinski definition) is 3. The molecule has 0 unspecified atom stereocenters. The van der Waals surface area contributed by atoms with E-state index in [1.807, 2.05) is 0 Å². The molecule has 9 rings (SSSR count). The van der Waals surface area contributed by atoms with Crippen molar-refractivity contribution in [1.29, 1.82) is 0 Å². The quantitative estimate of drug-likeness (QED) is 0.154. The summed E-state index contributed by atoms with van der Waals surface area (Å²) in [5.41, 5.74) is 6.00. The number of hydrogen-bond donors (Lipinski definition) is 0. The topological polar surface area (TPSA) is 9.72 Å². The lowest BCUT2D eigenvalue weighted by Gasteiger charge is -2.33. The molecule has 0 saturated carbocycles. The van der Waals surface area contributed by atoms with Gasteiger partial charge in [0.15, 0.2) is 0 Å². The third-order valence-electron chi connectivity index (χ3n) is 9.27. The summed E-state index contributed by atoms with van der Waals surface area (Å²) < 4.78 is 2.54. The van der Waals surface area contributed by atoms with Gasteiger partial charge in [-0.2, -0.15) is 0 Å². The highest BCUT2D eigenvalue weighted by atomic mass is 15.6. The number of rotatable bonds is 4. The number of allylic oxidation sites excluding steroid dienone is 2. The smallest absolute Gasteiger partial charge is 0.413 e. The zero-order valence-electron chi connectivity index (χ0n) is 24.7. The Labute approximate surface area is 264 Å². The van der Waals surface area contributed by atoms with Gasteiger partial charge in [0.05, 0.1) is 0 Å². The lowest BCUT2D eigenvalue weighted by atomic mass is 9.58. The van der Waals surface area contributed by atoms with Crippen LogP contribution in [0.3, 0.4) is 0 Å². The molecule has 0 N–H and O–H groups in total. The van der Waals surface area contributed by atoms with E-state index in [1.165, 1.54) is 54.6 Å². The van der Waals surface area contributed by atoms with Crippen LogP contribution in [0.5, 0.6) is 0 Å². The third kappa shape index (κ3) is 4.16. The van der Waals surface area contributed by atoms with Crippen molar-refractivity contribution in [2.24, 2.45) is 0 Å². The van der Waals surface area contributed by atoms with Crippen molar-refractivity contribution in [1.82, 2.24) is 4.92 Å².